The Morgan fingerprint density at radius 1 is 1.26 bits per heavy atom. The Bertz CT molecular complexity index is 603. The van der Waals surface area contributed by atoms with Crippen LogP contribution in [0.25, 0.3) is 0 Å². The molecule has 1 fully saturated rings. The zero-order chi connectivity index (χ0) is 17.0. The van der Waals surface area contributed by atoms with Crippen molar-refractivity contribution < 1.29 is 18.8 Å². The second-order valence-electron chi connectivity index (χ2n) is 5.75. The van der Waals surface area contributed by atoms with E-state index in [1.807, 2.05) is 6.92 Å². The lowest BCUT2D eigenvalue weighted by Gasteiger charge is -2.34. The van der Waals surface area contributed by atoms with E-state index in [0.29, 0.717) is 13.1 Å². The summed E-state index contributed by atoms with van der Waals surface area (Å²) in [6.45, 7) is 2.41. The highest BCUT2D eigenvalue weighted by Gasteiger charge is 2.28. The van der Waals surface area contributed by atoms with Crippen molar-refractivity contribution in [2.24, 2.45) is 5.73 Å². The first-order chi connectivity index (χ1) is 10.9. The van der Waals surface area contributed by atoms with E-state index in [0.717, 1.165) is 5.56 Å². The van der Waals surface area contributed by atoms with Crippen LogP contribution in [0.4, 0.5) is 4.39 Å². The summed E-state index contributed by atoms with van der Waals surface area (Å²) in [6.07, 6.45) is 0.245. The summed E-state index contributed by atoms with van der Waals surface area (Å²) in [6, 6.07) is 6.04. The predicted molar refractivity (Wildman–Crippen MR) is 81.8 cm³/mol. The molecule has 0 aliphatic carbocycles. The Morgan fingerprint density at radius 2 is 1.91 bits per heavy atom. The molecule has 0 spiro atoms. The zero-order valence-electron chi connectivity index (χ0n) is 13.0. The van der Waals surface area contributed by atoms with E-state index in [2.05, 4.69) is 0 Å². The van der Waals surface area contributed by atoms with E-state index in [1.54, 1.807) is 12.1 Å². The summed E-state index contributed by atoms with van der Waals surface area (Å²) in [7, 11) is 0. The number of nitrogens with two attached hydrogens (primary N) is 1. The maximum absolute atomic E-state index is 12.9. The van der Waals surface area contributed by atoms with Gasteiger partial charge in [0, 0.05) is 19.5 Å². The van der Waals surface area contributed by atoms with Crippen LogP contribution in [0.3, 0.4) is 0 Å². The van der Waals surface area contributed by atoms with Crippen molar-refractivity contribution in [2.75, 3.05) is 26.2 Å². The largest absolute Gasteiger partial charge is 0.368 e. The summed E-state index contributed by atoms with van der Waals surface area (Å²) in [4.78, 5) is 38.0. The van der Waals surface area contributed by atoms with E-state index in [-0.39, 0.29) is 43.1 Å². The summed E-state index contributed by atoms with van der Waals surface area (Å²) in [5.74, 6) is -1.36. The smallest absolute Gasteiger partial charge is 0.242 e. The van der Waals surface area contributed by atoms with Gasteiger partial charge in [-0.15, -0.1) is 0 Å². The molecule has 0 radical (unpaired) electrons. The highest BCUT2D eigenvalue weighted by atomic mass is 19.1. The number of amides is 3. The van der Waals surface area contributed by atoms with Gasteiger partial charge in [0.15, 0.2) is 0 Å². The van der Waals surface area contributed by atoms with Gasteiger partial charge in [-0.1, -0.05) is 19.1 Å². The summed E-state index contributed by atoms with van der Waals surface area (Å²) in [5.41, 5.74) is 5.95. The molecule has 1 aromatic carbocycles. The molecule has 3 amide bonds. The molecular weight excluding hydrogens is 301 g/mol. The first-order valence-electron chi connectivity index (χ1n) is 7.46. The van der Waals surface area contributed by atoms with Gasteiger partial charge in [-0.2, -0.15) is 0 Å². The first-order valence-corrected chi connectivity index (χ1v) is 7.46. The van der Waals surface area contributed by atoms with Crippen molar-refractivity contribution in [1.29, 1.82) is 0 Å². The molecule has 0 saturated carbocycles. The van der Waals surface area contributed by atoms with Crippen molar-refractivity contribution in [3.63, 3.8) is 0 Å². The number of primary amides is 1. The molecule has 2 rings (SSSR count). The molecule has 1 aromatic rings. The topological polar surface area (TPSA) is 83.7 Å². The third-order valence-corrected chi connectivity index (χ3v) is 3.94. The second kappa shape index (κ2) is 7.21. The number of hydrogen-bond donors (Lipinski definition) is 1. The Labute approximate surface area is 134 Å². The molecule has 7 heteroatoms. The molecule has 0 bridgehead atoms. The lowest BCUT2D eigenvalue weighted by atomic mass is 9.97. The molecule has 1 aliphatic heterocycles. The van der Waals surface area contributed by atoms with Crippen LogP contribution in [0.1, 0.15) is 24.8 Å². The van der Waals surface area contributed by atoms with Crippen molar-refractivity contribution >= 4 is 17.7 Å². The van der Waals surface area contributed by atoms with E-state index < -0.39 is 5.91 Å². The van der Waals surface area contributed by atoms with Crippen LogP contribution in [0.2, 0.25) is 0 Å². The number of carbonyl (C=O) groups is 3. The van der Waals surface area contributed by atoms with Gasteiger partial charge >= 0.3 is 0 Å². The van der Waals surface area contributed by atoms with E-state index in [9.17, 15) is 18.8 Å². The highest BCUT2D eigenvalue weighted by molar-refractivity contribution is 5.89. The van der Waals surface area contributed by atoms with Crippen LogP contribution in [0, 0.1) is 5.82 Å². The zero-order valence-corrected chi connectivity index (χ0v) is 13.0. The molecule has 6 nitrogen and oxygen atoms in total. The lowest BCUT2D eigenvalue weighted by Crippen LogP contribution is -2.54. The van der Waals surface area contributed by atoms with Gasteiger partial charge in [-0.3, -0.25) is 14.4 Å². The van der Waals surface area contributed by atoms with Crippen LogP contribution in [0.5, 0.6) is 0 Å². The first kappa shape index (κ1) is 16.9. The number of piperazine rings is 1. The molecule has 1 heterocycles. The fourth-order valence-corrected chi connectivity index (χ4v) is 2.58. The van der Waals surface area contributed by atoms with E-state index in [1.165, 1.54) is 21.9 Å². The lowest BCUT2D eigenvalue weighted by molar-refractivity contribution is -0.146. The number of halogens is 1. The average molecular weight is 321 g/mol. The number of nitrogens with zero attached hydrogens (tertiary/aromatic N) is 2. The quantitative estimate of drug-likeness (QED) is 0.856. The maximum Gasteiger partial charge on any atom is 0.242 e. The predicted octanol–water partition coefficient (Wildman–Crippen LogP) is 0.475. The van der Waals surface area contributed by atoms with Gasteiger partial charge < -0.3 is 15.5 Å². The normalized spacial score (nSPS) is 16.3. The number of carbonyl (C=O) groups excluding carboxylic acids is 3. The third kappa shape index (κ3) is 4.51. The molecule has 1 saturated heterocycles. The molecule has 23 heavy (non-hydrogen) atoms. The monoisotopic (exact) mass is 321 g/mol. The standard InChI is InChI=1S/C16H20FN3O3/c1-11(12-2-4-13(17)5-3-12)8-15(22)20-7-6-19(9-14(18)21)16(23)10-20/h2-5,11H,6-10H2,1H3,(H2,18,21)/t11-/m1/s1. The van der Waals surface area contributed by atoms with Gasteiger partial charge in [0.25, 0.3) is 0 Å². The average Bonchev–Trinajstić information content (AvgIpc) is 2.49. The van der Waals surface area contributed by atoms with Gasteiger partial charge in [-0.05, 0) is 23.6 Å². The third-order valence-electron chi connectivity index (χ3n) is 3.94. The number of benzene rings is 1. The van der Waals surface area contributed by atoms with Crippen LogP contribution in [-0.2, 0) is 14.4 Å². The van der Waals surface area contributed by atoms with Gasteiger partial charge in [0.1, 0.15) is 5.82 Å². The molecule has 1 atom stereocenters. The molecule has 0 unspecified atom stereocenters. The fourth-order valence-electron chi connectivity index (χ4n) is 2.58. The number of hydrogen-bond acceptors (Lipinski definition) is 3. The molecule has 1 aliphatic rings. The minimum absolute atomic E-state index is 0.0394. The van der Waals surface area contributed by atoms with Gasteiger partial charge in [0.05, 0.1) is 13.1 Å². The SMILES string of the molecule is C[C@H](CC(=O)N1CCN(CC(N)=O)C(=O)C1)c1ccc(F)cc1. The van der Waals surface area contributed by atoms with Crippen molar-refractivity contribution in [2.45, 2.75) is 19.3 Å². The molecule has 124 valence electrons. The van der Waals surface area contributed by atoms with Gasteiger partial charge in [-0.25, -0.2) is 4.39 Å². The summed E-state index contributed by atoms with van der Waals surface area (Å²) < 4.78 is 12.9. The second-order valence-corrected chi connectivity index (χ2v) is 5.75. The fraction of sp³-hybridized carbons (Fsp3) is 0.438. The Morgan fingerprint density at radius 3 is 2.48 bits per heavy atom. The van der Waals surface area contributed by atoms with Crippen molar-refractivity contribution in [3.8, 4) is 0 Å². The number of rotatable bonds is 5. The minimum atomic E-state index is -0.567. The molecule has 2 N–H and O–H groups in total. The van der Waals surface area contributed by atoms with Crippen LogP contribution in [-0.4, -0.2) is 53.7 Å². The van der Waals surface area contributed by atoms with E-state index in [4.69, 9.17) is 5.73 Å². The Hall–Kier alpha value is -2.44. The van der Waals surface area contributed by atoms with Crippen LogP contribution < -0.4 is 5.73 Å². The highest BCUT2D eigenvalue weighted by Crippen LogP contribution is 2.20. The minimum Gasteiger partial charge on any atom is -0.368 e. The van der Waals surface area contributed by atoms with Crippen LogP contribution >= 0.6 is 0 Å². The Balaban J connectivity index is 1.90. The molecule has 0 aromatic heterocycles. The van der Waals surface area contributed by atoms with Crippen molar-refractivity contribution in [1.82, 2.24) is 9.80 Å². The Kier molecular flexibility index (Phi) is 5.31. The summed E-state index contributed by atoms with van der Waals surface area (Å²) in [5, 5.41) is 0. The van der Waals surface area contributed by atoms with Crippen molar-refractivity contribution in [3.05, 3.63) is 35.6 Å². The summed E-state index contributed by atoms with van der Waals surface area (Å²) >= 11 is 0. The van der Waals surface area contributed by atoms with Crippen LogP contribution in [0.15, 0.2) is 24.3 Å². The maximum atomic E-state index is 12.9. The molecular formula is C16H20FN3O3. The van der Waals surface area contributed by atoms with Gasteiger partial charge in [0.2, 0.25) is 17.7 Å². The van der Waals surface area contributed by atoms with E-state index >= 15 is 0 Å².